The second-order valence-corrected chi connectivity index (χ2v) is 7.83. The number of fused-ring (bicyclic) bond motifs is 1. The van der Waals surface area contributed by atoms with E-state index in [4.69, 9.17) is 4.74 Å². The van der Waals surface area contributed by atoms with Gasteiger partial charge in [-0.2, -0.15) is 0 Å². The van der Waals surface area contributed by atoms with Crippen molar-refractivity contribution < 1.29 is 19.1 Å². The van der Waals surface area contributed by atoms with Crippen molar-refractivity contribution in [3.05, 3.63) is 36.1 Å². The fourth-order valence-electron chi connectivity index (χ4n) is 3.38. The van der Waals surface area contributed by atoms with Crippen molar-refractivity contribution in [2.45, 2.75) is 96.2 Å². The molecule has 0 aromatic rings. The van der Waals surface area contributed by atoms with E-state index in [2.05, 4.69) is 36.5 Å². The lowest BCUT2D eigenvalue weighted by Gasteiger charge is -2.09. The molecule has 0 saturated carbocycles. The molecule has 0 aromatic heterocycles. The van der Waals surface area contributed by atoms with Gasteiger partial charge in [0.15, 0.2) is 18.0 Å². The summed E-state index contributed by atoms with van der Waals surface area (Å²) in [5.41, 5.74) is 0.0846. The number of ketones is 2. The van der Waals surface area contributed by atoms with Crippen LogP contribution in [-0.2, 0) is 19.1 Å². The van der Waals surface area contributed by atoms with Crippen LogP contribution in [0.5, 0.6) is 0 Å². The van der Waals surface area contributed by atoms with Crippen molar-refractivity contribution in [3.63, 3.8) is 0 Å². The average molecular weight is 402 g/mol. The molecule has 1 aliphatic heterocycles. The molecule has 5 nitrogen and oxygen atoms in total. The average Bonchev–Trinajstić information content (AvgIpc) is 3.51. The Morgan fingerprint density at radius 1 is 0.931 bits per heavy atom. The largest absolute Gasteiger partial charge is 0.352 e. The van der Waals surface area contributed by atoms with Crippen LogP contribution in [-0.4, -0.2) is 29.7 Å². The summed E-state index contributed by atoms with van der Waals surface area (Å²) in [6.07, 6.45) is 21.8. The maximum atomic E-state index is 11.9. The Morgan fingerprint density at radius 2 is 1.59 bits per heavy atom. The highest BCUT2D eigenvalue weighted by molar-refractivity contribution is 6.16. The van der Waals surface area contributed by atoms with Crippen LogP contribution in [0.2, 0.25) is 0 Å². The van der Waals surface area contributed by atoms with Crippen molar-refractivity contribution in [2.75, 3.05) is 0 Å². The van der Waals surface area contributed by atoms with Crippen LogP contribution in [0.25, 0.3) is 0 Å². The van der Waals surface area contributed by atoms with E-state index < -0.39 is 12.2 Å². The number of carbonyl (C=O) groups is 3. The zero-order valence-electron chi connectivity index (χ0n) is 17.7. The minimum absolute atomic E-state index is 0.0846. The van der Waals surface area contributed by atoms with Gasteiger partial charge in [0.1, 0.15) is 0 Å². The van der Waals surface area contributed by atoms with E-state index in [1.807, 2.05) is 0 Å². The van der Waals surface area contributed by atoms with Crippen LogP contribution in [0, 0.1) is 0 Å². The van der Waals surface area contributed by atoms with Gasteiger partial charge in [-0.25, -0.2) is 0 Å². The highest BCUT2D eigenvalue weighted by atomic mass is 16.6. The Balaban J connectivity index is 1.41. The maximum absolute atomic E-state index is 11.9. The Hall–Kier alpha value is -2.01. The van der Waals surface area contributed by atoms with Gasteiger partial charge in [0.2, 0.25) is 11.7 Å². The molecule has 1 heterocycles. The Morgan fingerprint density at radius 3 is 2.31 bits per heavy atom. The van der Waals surface area contributed by atoms with Crippen molar-refractivity contribution in [1.29, 1.82) is 0 Å². The second kappa shape index (κ2) is 13.3. The molecular formula is C24H35NO4. The molecule has 0 spiro atoms. The predicted octanol–water partition coefficient (Wildman–Crippen LogP) is 4.72. The standard InChI is InChI=1S/C24H35NO4/c1-2-3-4-5-6-7-8-9-10-11-12-13-14-15-16-17-21(27)25-19-18-20(26)23-24(29-23)22(19)28/h6-7,9-10,18,23-24H,2-5,8,11-17H2,1H3,(H,25,27)/b7-6-,10-9-. The van der Waals surface area contributed by atoms with Gasteiger partial charge >= 0.3 is 0 Å². The van der Waals surface area contributed by atoms with E-state index in [1.54, 1.807) is 0 Å². The molecule has 0 aromatic carbocycles. The molecule has 2 unspecified atom stereocenters. The van der Waals surface area contributed by atoms with E-state index in [0.717, 1.165) is 38.5 Å². The van der Waals surface area contributed by atoms with Gasteiger partial charge < -0.3 is 10.1 Å². The van der Waals surface area contributed by atoms with Crippen LogP contribution in [0.15, 0.2) is 36.1 Å². The fraction of sp³-hybridized carbons (Fsp3) is 0.625. The van der Waals surface area contributed by atoms with Gasteiger partial charge in [-0.05, 0) is 38.5 Å². The topological polar surface area (TPSA) is 75.8 Å². The molecule has 0 bridgehead atoms. The van der Waals surface area contributed by atoms with Gasteiger partial charge in [-0.3, -0.25) is 14.4 Å². The number of nitrogens with one attached hydrogen (secondary N) is 1. The first-order valence-electron chi connectivity index (χ1n) is 11.2. The number of epoxide rings is 1. The van der Waals surface area contributed by atoms with Gasteiger partial charge in [0.25, 0.3) is 0 Å². The summed E-state index contributed by atoms with van der Waals surface area (Å²) in [5, 5.41) is 2.56. The third-order valence-corrected chi connectivity index (χ3v) is 5.21. The third kappa shape index (κ3) is 8.90. The van der Waals surface area contributed by atoms with E-state index in [9.17, 15) is 14.4 Å². The van der Waals surface area contributed by atoms with Crippen LogP contribution in [0.4, 0.5) is 0 Å². The van der Waals surface area contributed by atoms with Crippen LogP contribution in [0.3, 0.4) is 0 Å². The first-order valence-corrected chi connectivity index (χ1v) is 11.2. The molecule has 1 saturated heterocycles. The Bertz CT molecular complexity index is 647. The number of hydrogen-bond donors (Lipinski definition) is 1. The molecule has 29 heavy (non-hydrogen) atoms. The first kappa shape index (κ1) is 23.3. The van der Waals surface area contributed by atoms with Gasteiger partial charge in [-0.15, -0.1) is 0 Å². The van der Waals surface area contributed by atoms with Crippen molar-refractivity contribution in [3.8, 4) is 0 Å². The molecule has 2 rings (SSSR count). The molecule has 2 aliphatic rings. The monoisotopic (exact) mass is 401 g/mol. The number of ether oxygens (including phenoxy) is 1. The molecule has 5 heteroatoms. The quantitative estimate of drug-likeness (QED) is 0.245. The smallest absolute Gasteiger partial charge is 0.224 e. The van der Waals surface area contributed by atoms with E-state index in [0.29, 0.717) is 6.42 Å². The van der Waals surface area contributed by atoms with E-state index >= 15 is 0 Å². The molecule has 1 aliphatic carbocycles. The predicted molar refractivity (Wildman–Crippen MR) is 114 cm³/mol. The number of unbranched alkanes of at least 4 members (excludes halogenated alkanes) is 8. The molecule has 1 fully saturated rings. The summed E-state index contributed by atoms with van der Waals surface area (Å²) < 4.78 is 4.99. The molecule has 1 N–H and O–H groups in total. The number of Topliss-reactive ketones (excluding diaryl/α,β-unsaturated/α-hetero) is 1. The Labute approximate surface area is 174 Å². The summed E-state index contributed by atoms with van der Waals surface area (Å²) >= 11 is 0. The van der Waals surface area contributed by atoms with Crippen LogP contribution in [0.1, 0.15) is 84.0 Å². The minimum Gasteiger partial charge on any atom is -0.352 e. The van der Waals surface area contributed by atoms with Gasteiger partial charge in [0, 0.05) is 12.5 Å². The zero-order valence-corrected chi connectivity index (χ0v) is 17.7. The summed E-state index contributed by atoms with van der Waals surface area (Å²) in [5.74, 6) is -0.730. The zero-order chi connectivity index (χ0) is 20.9. The van der Waals surface area contributed by atoms with Gasteiger partial charge in [-0.1, -0.05) is 63.3 Å². The maximum Gasteiger partial charge on any atom is 0.224 e. The Kier molecular flexibility index (Phi) is 10.6. The van der Waals surface area contributed by atoms with Crippen molar-refractivity contribution >= 4 is 17.5 Å². The number of amides is 1. The summed E-state index contributed by atoms with van der Waals surface area (Å²) in [6, 6.07) is 0. The van der Waals surface area contributed by atoms with E-state index in [-0.39, 0.29) is 23.2 Å². The molecule has 2 atom stereocenters. The SMILES string of the molecule is CCCCC/C=C\C/C=C\CCCCCCCC(=O)NC1=CC(=O)C2OC2C1=O. The van der Waals surface area contributed by atoms with Crippen LogP contribution < -0.4 is 5.32 Å². The molecule has 0 radical (unpaired) electrons. The second-order valence-electron chi connectivity index (χ2n) is 7.83. The van der Waals surface area contributed by atoms with Crippen molar-refractivity contribution in [1.82, 2.24) is 5.32 Å². The summed E-state index contributed by atoms with van der Waals surface area (Å²) in [6.45, 7) is 2.23. The normalized spacial score (nSPS) is 20.9. The number of carbonyl (C=O) groups excluding carboxylic acids is 3. The number of allylic oxidation sites excluding steroid dienone is 4. The molecule has 160 valence electrons. The fourth-order valence-corrected chi connectivity index (χ4v) is 3.38. The first-order chi connectivity index (χ1) is 14.1. The highest BCUT2D eigenvalue weighted by Crippen LogP contribution is 2.30. The van der Waals surface area contributed by atoms with Crippen LogP contribution >= 0.6 is 0 Å². The third-order valence-electron chi connectivity index (χ3n) is 5.21. The summed E-state index contributed by atoms with van der Waals surface area (Å²) in [4.78, 5) is 35.4. The van der Waals surface area contributed by atoms with Crippen molar-refractivity contribution in [2.24, 2.45) is 0 Å². The number of hydrogen-bond acceptors (Lipinski definition) is 4. The van der Waals surface area contributed by atoms with Gasteiger partial charge in [0.05, 0.1) is 5.70 Å². The summed E-state index contributed by atoms with van der Waals surface area (Å²) in [7, 11) is 0. The lowest BCUT2D eigenvalue weighted by Crippen LogP contribution is -2.34. The minimum atomic E-state index is -0.668. The molecular weight excluding hydrogens is 366 g/mol. The lowest BCUT2D eigenvalue weighted by molar-refractivity contribution is -0.124. The number of rotatable bonds is 15. The van der Waals surface area contributed by atoms with E-state index in [1.165, 1.54) is 38.2 Å². The highest BCUT2D eigenvalue weighted by Gasteiger charge is 2.53. The molecule has 1 amide bonds. The lowest BCUT2D eigenvalue weighted by atomic mass is 10.0.